The molecule has 0 unspecified atom stereocenters. The van der Waals surface area contributed by atoms with E-state index in [0.717, 1.165) is 32.1 Å². The number of anilines is 2. The van der Waals surface area contributed by atoms with E-state index in [9.17, 15) is 18.8 Å². The van der Waals surface area contributed by atoms with Crippen LogP contribution in [0.2, 0.25) is 5.02 Å². The van der Waals surface area contributed by atoms with Gasteiger partial charge < -0.3 is 10.6 Å². The van der Waals surface area contributed by atoms with Gasteiger partial charge in [-0.1, -0.05) is 55.1 Å². The molecule has 0 aliphatic heterocycles. The molecular formula is C30H32ClFN4O3. The molecule has 1 saturated carbocycles. The zero-order valence-corrected chi connectivity index (χ0v) is 22.4. The first kappa shape index (κ1) is 28.2. The summed E-state index contributed by atoms with van der Waals surface area (Å²) in [5.74, 6) is -1.11. The van der Waals surface area contributed by atoms with Gasteiger partial charge in [0.05, 0.1) is 0 Å². The maximum absolute atomic E-state index is 14.3. The molecule has 204 valence electrons. The van der Waals surface area contributed by atoms with E-state index in [4.69, 9.17) is 11.6 Å². The van der Waals surface area contributed by atoms with Crippen LogP contribution in [0.3, 0.4) is 0 Å². The van der Waals surface area contributed by atoms with Crippen LogP contribution in [0, 0.1) is 5.82 Å². The maximum atomic E-state index is 14.3. The van der Waals surface area contributed by atoms with Gasteiger partial charge in [0.1, 0.15) is 17.7 Å². The van der Waals surface area contributed by atoms with Gasteiger partial charge in [0.15, 0.2) is 0 Å². The summed E-state index contributed by atoms with van der Waals surface area (Å²) in [5, 5.41) is 6.32. The van der Waals surface area contributed by atoms with Gasteiger partial charge in [-0.05, 0) is 67.3 Å². The molecule has 0 radical (unpaired) electrons. The molecule has 1 aliphatic carbocycles. The quantitative estimate of drug-likeness (QED) is 0.314. The summed E-state index contributed by atoms with van der Waals surface area (Å²) in [7, 11) is 0. The smallest absolute Gasteiger partial charge is 0.248 e. The Morgan fingerprint density at radius 3 is 2.44 bits per heavy atom. The lowest BCUT2D eigenvalue weighted by Gasteiger charge is -2.33. The molecule has 0 bridgehead atoms. The number of pyridine rings is 1. The van der Waals surface area contributed by atoms with Crippen LogP contribution in [0.25, 0.3) is 0 Å². The monoisotopic (exact) mass is 550 g/mol. The molecule has 2 N–H and O–H groups in total. The number of amides is 3. The Morgan fingerprint density at radius 2 is 1.74 bits per heavy atom. The van der Waals surface area contributed by atoms with E-state index in [2.05, 4.69) is 15.6 Å². The summed E-state index contributed by atoms with van der Waals surface area (Å²) in [6.45, 7) is 0. The normalized spacial score (nSPS) is 14.3. The first-order valence-corrected chi connectivity index (χ1v) is 13.6. The molecule has 3 aromatic rings. The minimum atomic E-state index is -1.04. The molecule has 3 amide bonds. The van der Waals surface area contributed by atoms with Crippen LogP contribution in [0.4, 0.5) is 15.9 Å². The van der Waals surface area contributed by atoms with Crippen LogP contribution in [0.15, 0.2) is 72.9 Å². The van der Waals surface area contributed by atoms with Crippen molar-refractivity contribution in [3.8, 4) is 0 Å². The Balaban J connectivity index is 1.57. The summed E-state index contributed by atoms with van der Waals surface area (Å²) in [5.41, 5.74) is 0.815. The molecule has 7 nitrogen and oxygen atoms in total. The van der Waals surface area contributed by atoms with Crippen molar-refractivity contribution < 1.29 is 18.8 Å². The third-order valence-corrected chi connectivity index (χ3v) is 6.98. The van der Waals surface area contributed by atoms with E-state index in [-0.39, 0.29) is 42.8 Å². The number of hydrogen-bond acceptors (Lipinski definition) is 4. The van der Waals surface area contributed by atoms with Crippen molar-refractivity contribution in [3.05, 3.63) is 89.3 Å². The van der Waals surface area contributed by atoms with Crippen molar-refractivity contribution in [1.82, 2.24) is 10.3 Å². The van der Waals surface area contributed by atoms with E-state index in [1.807, 2.05) is 0 Å². The molecular weight excluding hydrogens is 519 g/mol. The first-order valence-electron chi connectivity index (χ1n) is 13.2. The molecule has 1 fully saturated rings. The second kappa shape index (κ2) is 13.8. The summed E-state index contributed by atoms with van der Waals surface area (Å²) in [6, 6.07) is 16.5. The fraction of sp³-hybridized carbons (Fsp3) is 0.333. The minimum absolute atomic E-state index is 0.0146. The molecule has 0 spiro atoms. The molecule has 0 saturated heterocycles. The average Bonchev–Trinajstić information content (AvgIpc) is 2.93. The van der Waals surface area contributed by atoms with Crippen LogP contribution in [0.1, 0.15) is 63.0 Å². The van der Waals surface area contributed by atoms with Crippen LogP contribution >= 0.6 is 11.6 Å². The number of nitrogens with zero attached hydrogens (tertiary/aromatic N) is 2. The van der Waals surface area contributed by atoms with E-state index in [0.29, 0.717) is 16.4 Å². The Kier molecular flexibility index (Phi) is 10.0. The number of aromatic nitrogens is 1. The molecule has 39 heavy (non-hydrogen) atoms. The fourth-order valence-electron chi connectivity index (χ4n) is 4.82. The highest BCUT2D eigenvalue weighted by molar-refractivity contribution is 6.30. The lowest BCUT2D eigenvalue weighted by molar-refractivity contribution is -0.127. The number of hydrogen-bond donors (Lipinski definition) is 2. The molecule has 1 atom stereocenters. The molecule has 9 heteroatoms. The summed E-state index contributed by atoms with van der Waals surface area (Å²) >= 11 is 6.11. The van der Waals surface area contributed by atoms with Crippen LogP contribution in [-0.2, 0) is 14.4 Å². The number of nitrogens with one attached hydrogen (secondary N) is 2. The van der Waals surface area contributed by atoms with Gasteiger partial charge in [0.25, 0.3) is 0 Å². The number of benzene rings is 2. The van der Waals surface area contributed by atoms with Crippen molar-refractivity contribution in [2.24, 2.45) is 0 Å². The van der Waals surface area contributed by atoms with Crippen molar-refractivity contribution >= 4 is 40.8 Å². The zero-order chi connectivity index (χ0) is 27.6. The lowest BCUT2D eigenvalue weighted by Crippen LogP contribution is -2.47. The maximum Gasteiger partial charge on any atom is 0.248 e. The Morgan fingerprint density at radius 1 is 0.974 bits per heavy atom. The highest BCUT2D eigenvalue weighted by Crippen LogP contribution is 2.31. The van der Waals surface area contributed by atoms with Gasteiger partial charge in [-0.2, -0.15) is 0 Å². The zero-order valence-electron chi connectivity index (χ0n) is 21.6. The minimum Gasteiger partial charge on any atom is -0.351 e. The second-order valence-electron chi connectivity index (χ2n) is 9.66. The number of rotatable bonds is 10. The molecule has 1 aromatic heterocycles. The van der Waals surface area contributed by atoms with Gasteiger partial charge in [0.2, 0.25) is 17.7 Å². The second-order valence-corrected chi connectivity index (χ2v) is 10.1. The SMILES string of the molecule is O=C(CCCC(=O)N(c1cccc(F)c1)[C@H](C(=O)NC1CCCCC1)c1ccc(Cl)cc1)Nc1ccccn1. The van der Waals surface area contributed by atoms with E-state index >= 15 is 0 Å². The molecule has 2 aromatic carbocycles. The van der Waals surface area contributed by atoms with Gasteiger partial charge in [-0.25, -0.2) is 9.37 Å². The number of halogens is 2. The van der Waals surface area contributed by atoms with Crippen molar-refractivity contribution in [1.29, 1.82) is 0 Å². The average molecular weight is 551 g/mol. The lowest BCUT2D eigenvalue weighted by atomic mass is 9.94. The predicted molar refractivity (Wildman–Crippen MR) is 150 cm³/mol. The molecule has 1 aliphatic rings. The van der Waals surface area contributed by atoms with Gasteiger partial charge >= 0.3 is 0 Å². The third kappa shape index (κ3) is 8.10. The highest BCUT2D eigenvalue weighted by Gasteiger charge is 2.34. The van der Waals surface area contributed by atoms with Crippen molar-refractivity contribution in [2.45, 2.75) is 63.5 Å². The largest absolute Gasteiger partial charge is 0.351 e. The van der Waals surface area contributed by atoms with E-state index in [1.165, 1.54) is 23.1 Å². The Hall–Kier alpha value is -3.78. The van der Waals surface area contributed by atoms with E-state index in [1.54, 1.807) is 54.7 Å². The standard InChI is InChI=1S/C30H32ClFN4O3/c31-22-17-15-21(16-18-22)29(30(39)34-24-9-2-1-3-10-24)36(25-11-6-8-23(32)20-25)28(38)14-7-13-27(37)35-26-12-4-5-19-33-26/h4-6,8,11-12,15-20,24,29H,1-3,7,9-10,13-14H2,(H,34,39)(H,33,35,37)/t29-/m0/s1. The van der Waals surface area contributed by atoms with Crippen LogP contribution < -0.4 is 15.5 Å². The third-order valence-electron chi connectivity index (χ3n) is 6.73. The van der Waals surface area contributed by atoms with Crippen LogP contribution in [-0.4, -0.2) is 28.7 Å². The first-order chi connectivity index (χ1) is 18.9. The molecule has 1 heterocycles. The summed E-state index contributed by atoms with van der Waals surface area (Å²) < 4.78 is 14.3. The molecule has 4 rings (SSSR count). The number of carbonyl (C=O) groups is 3. The van der Waals surface area contributed by atoms with Crippen LogP contribution in [0.5, 0.6) is 0 Å². The Bertz CT molecular complexity index is 1270. The summed E-state index contributed by atoms with van der Waals surface area (Å²) in [6.07, 6.45) is 6.82. The van der Waals surface area contributed by atoms with Crippen molar-refractivity contribution in [2.75, 3.05) is 10.2 Å². The number of carbonyl (C=O) groups excluding carboxylic acids is 3. The Labute approximate surface area is 232 Å². The highest BCUT2D eigenvalue weighted by atomic mass is 35.5. The topological polar surface area (TPSA) is 91.4 Å². The van der Waals surface area contributed by atoms with Crippen molar-refractivity contribution in [3.63, 3.8) is 0 Å². The van der Waals surface area contributed by atoms with Gasteiger partial charge in [0, 0.05) is 35.8 Å². The van der Waals surface area contributed by atoms with Gasteiger partial charge in [-0.15, -0.1) is 0 Å². The van der Waals surface area contributed by atoms with E-state index < -0.39 is 17.8 Å². The summed E-state index contributed by atoms with van der Waals surface area (Å²) in [4.78, 5) is 45.3. The predicted octanol–water partition coefficient (Wildman–Crippen LogP) is 6.21. The fourth-order valence-corrected chi connectivity index (χ4v) is 4.94. The van der Waals surface area contributed by atoms with Gasteiger partial charge in [-0.3, -0.25) is 19.3 Å².